The van der Waals surface area contributed by atoms with Crippen LogP contribution in [0.3, 0.4) is 0 Å². The van der Waals surface area contributed by atoms with Crippen molar-refractivity contribution in [1.29, 1.82) is 0 Å². The monoisotopic (exact) mass is 420 g/mol. The summed E-state index contributed by atoms with van der Waals surface area (Å²) in [6.07, 6.45) is 6.92. The van der Waals surface area contributed by atoms with Gasteiger partial charge in [-0.15, -0.1) is 0 Å². The number of hydrogen-bond acceptors (Lipinski definition) is 6. The highest BCUT2D eigenvalue weighted by atomic mass is 16.5. The molecule has 2 aromatic heterocycles. The molecule has 1 amide bonds. The molecule has 162 valence electrons. The van der Waals surface area contributed by atoms with Gasteiger partial charge in [0.1, 0.15) is 24.5 Å². The van der Waals surface area contributed by atoms with Crippen molar-refractivity contribution in [2.75, 3.05) is 31.1 Å². The Bertz CT molecular complexity index is 1000. The summed E-state index contributed by atoms with van der Waals surface area (Å²) in [5, 5.41) is 7.24. The van der Waals surface area contributed by atoms with Gasteiger partial charge in [-0.2, -0.15) is 5.10 Å². The molecule has 31 heavy (non-hydrogen) atoms. The van der Waals surface area contributed by atoms with E-state index >= 15 is 0 Å². The zero-order valence-electron chi connectivity index (χ0n) is 18.0. The third-order valence-electron chi connectivity index (χ3n) is 5.36. The Morgan fingerprint density at radius 2 is 1.97 bits per heavy atom. The molecule has 0 bridgehead atoms. The summed E-state index contributed by atoms with van der Waals surface area (Å²) >= 11 is 0. The molecule has 1 atom stereocenters. The van der Waals surface area contributed by atoms with Gasteiger partial charge in [-0.05, 0) is 56.0 Å². The largest absolute Gasteiger partial charge is 0.492 e. The Balaban J connectivity index is 1.29. The van der Waals surface area contributed by atoms with E-state index in [-0.39, 0.29) is 11.8 Å². The third-order valence-corrected chi connectivity index (χ3v) is 5.36. The van der Waals surface area contributed by atoms with E-state index in [9.17, 15) is 4.79 Å². The van der Waals surface area contributed by atoms with E-state index in [0.717, 1.165) is 31.0 Å². The number of carbonyl (C=O) groups is 1. The number of nitrogens with one attached hydrogen (secondary N) is 1. The van der Waals surface area contributed by atoms with Crippen LogP contribution in [0.5, 0.6) is 5.75 Å². The lowest BCUT2D eigenvalue weighted by Gasteiger charge is -2.32. The predicted molar refractivity (Wildman–Crippen MR) is 119 cm³/mol. The van der Waals surface area contributed by atoms with Crippen LogP contribution in [-0.4, -0.2) is 51.9 Å². The molecule has 1 aliphatic rings. The number of ether oxygens (including phenoxy) is 1. The number of aromatic nitrogens is 4. The molecular formula is C23H28N6O2. The van der Waals surface area contributed by atoms with Crippen molar-refractivity contribution in [3.63, 3.8) is 0 Å². The topological polar surface area (TPSA) is 85.2 Å². The first kappa shape index (κ1) is 20.8. The molecule has 3 aromatic rings. The van der Waals surface area contributed by atoms with Crippen molar-refractivity contribution in [3.8, 4) is 11.6 Å². The van der Waals surface area contributed by atoms with Gasteiger partial charge in [-0.25, -0.2) is 14.6 Å². The summed E-state index contributed by atoms with van der Waals surface area (Å²) in [7, 11) is 0. The van der Waals surface area contributed by atoms with E-state index in [1.54, 1.807) is 17.2 Å². The van der Waals surface area contributed by atoms with Gasteiger partial charge in [-0.3, -0.25) is 4.79 Å². The van der Waals surface area contributed by atoms with Crippen LogP contribution in [0.15, 0.2) is 49.1 Å². The molecule has 1 fully saturated rings. The molecule has 3 heterocycles. The van der Waals surface area contributed by atoms with E-state index in [1.165, 1.54) is 11.1 Å². The number of aryl methyl sites for hydroxylation is 2. The van der Waals surface area contributed by atoms with Crippen molar-refractivity contribution in [1.82, 2.24) is 25.1 Å². The van der Waals surface area contributed by atoms with Gasteiger partial charge >= 0.3 is 0 Å². The molecule has 1 saturated heterocycles. The molecule has 1 unspecified atom stereocenters. The minimum absolute atomic E-state index is 0.0649. The van der Waals surface area contributed by atoms with E-state index in [0.29, 0.717) is 25.5 Å². The summed E-state index contributed by atoms with van der Waals surface area (Å²) in [4.78, 5) is 23.6. The summed E-state index contributed by atoms with van der Waals surface area (Å²) in [6.45, 7) is 6.54. The molecule has 1 aliphatic heterocycles. The summed E-state index contributed by atoms with van der Waals surface area (Å²) in [6, 6.07) is 9.89. The highest BCUT2D eigenvalue weighted by Gasteiger charge is 2.26. The maximum Gasteiger partial charge on any atom is 0.225 e. The van der Waals surface area contributed by atoms with Gasteiger partial charge in [0, 0.05) is 31.5 Å². The second-order valence-electron chi connectivity index (χ2n) is 7.93. The lowest BCUT2D eigenvalue weighted by atomic mass is 9.97. The second kappa shape index (κ2) is 9.59. The fraction of sp³-hybridized carbons (Fsp3) is 0.391. The lowest BCUT2D eigenvalue weighted by Crippen LogP contribution is -2.44. The van der Waals surface area contributed by atoms with Crippen molar-refractivity contribution >= 4 is 11.7 Å². The number of rotatable bonds is 7. The normalized spacial score (nSPS) is 16.2. The highest BCUT2D eigenvalue weighted by molar-refractivity contribution is 5.79. The zero-order valence-corrected chi connectivity index (χ0v) is 18.0. The Hall–Kier alpha value is -3.42. The van der Waals surface area contributed by atoms with Crippen LogP contribution < -0.4 is 15.0 Å². The van der Waals surface area contributed by atoms with Crippen LogP contribution in [0.1, 0.15) is 24.0 Å². The van der Waals surface area contributed by atoms with Crippen molar-refractivity contribution < 1.29 is 9.53 Å². The van der Waals surface area contributed by atoms with Gasteiger partial charge in [0.05, 0.1) is 12.5 Å². The number of carbonyl (C=O) groups excluding carboxylic acids is 1. The van der Waals surface area contributed by atoms with Crippen molar-refractivity contribution in [3.05, 3.63) is 60.2 Å². The Kier molecular flexibility index (Phi) is 6.45. The summed E-state index contributed by atoms with van der Waals surface area (Å²) < 4.78 is 7.50. The van der Waals surface area contributed by atoms with Crippen LogP contribution >= 0.6 is 0 Å². The smallest absolute Gasteiger partial charge is 0.225 e. The Labute approximate surface area is 182 Å². The van der Waals surface area contributed by atoms with Crippen LogP contribution in [0.2, 0.25) is 0 Å². The molecule has 4 rings (SSSR count). The van der Waals surface area contributed by atoms with E-state index in [1.807, 2.05) is 44.3 Å². The standard InChI is InChI=1S/C23H28N6O2/c1-17-11-18(2)13-20(12-17)31-10-7-24-23(30)19-5-3-8-28(15-19)21-14-22(26-16-25-21)29-9-4-6-27-29/h4,6,9,11-14,16,19H,3,5,7-8,10,15H2,1-2H3,(H,24,30). The SMILES string of the molecule is Cc1cc(C)cc(OCCNC(=O)C2CCCN(c3cc(-n4cccn4)ncn3)C2)c1. The number of hydrogen-bond donors (Lipinski definition) is 1. The molecule has 8 nitrogen and oxygen atoms in total. The average molecular weight is 421 g/mol. The van der Waals surface area contributed by atoms with Crippen LogP contribution in [0.25, 0.3) is 5.82 Å². The van der Waals surface area contributed by atoms with Crippen LogP contribution in [-0.2, 0) is 4.79 Å². The van der Waals surface area contributed by atoms with Gasteiger partial charge in [-0.1, -0.05) is 6.07 Å². The first-order valence-corrected chi connectivity index (χ1v) is 10.6. The maximum atomic E-state index is 12.7. The first-order valence-electron chi connectivity index (χ1n) is 10.6. The molecule has 1 N–H and O–H groups in total. The van der Waals surface area contributed by atoms with Gasteiger partial charge in [0.25, 0.3) is 0 Å². The van der Waals surface area contributed by atoms with Gasteiger partial charge in [0.15, 0.2) is 5.82 Å². The lowest BCUT2D eigenvalue weighted by molar-refractivity contribution is -0.125. The molecule has 0 radical (unpaired) electrons. The maximum absolute atomic E-state index is 12.7. The minimum Gasteiger partial charge on any atom is -0.492 e. The average Bonchev–Trinajstić information content (AvgIpc) is 3.31. The molecular weight excluding hydrogens is 392 g/mol. The summed E-state index contributed by atoms with van der Waals surface area (Å²) in [5.74, 6) is 2.36. The van der Waals surface area contributed by atoms with Gasteiger partial charge in [0.2, 0.25) is 5.91 Å². The highest BCUT2D eigenvalue weighted by Crippen LogP contribution is 2.22. The van der Waals surface area contributed by atoms with E-state index in [4.69, 9.17) is 4.74 Å². The van der Waals surface area contributed by atoms with Gasteiger partial charge < -0.3 is 15.0 Å². The molecule has 0 spiro atoms. The first-order chi connectivity index (χ1) is 15.1. The fourth-order valence-corrected chi connectivity index (χ4v) is 3.94. The van der Waals surface area contributed by atoms with E-state index < -0.39 is 0 Å². The molecule has 8 heteroatoms. The molecule has 0 saturated carbocycles. The number of benzene rings is 1. The minimum atomic E-state index is -0.0712. The van der Waals surface area contributed by atoms with E-state index in [2.05, 4.69) is 31.3 Å². The number of amides is 1. The number of piperidine rings is 1. The van der Waals surface area contributed by atoms with Crippen LogP contribution in [0, 0.1) is 19.8 Å². The van der Waals surface area contributed by atoms with Crippen molar-refractivity contribution in [2.45, 2.75) is 26.7 Å². The van der Waals surface area contributed by atoms with Crippen LogP contribution in [0.4, 0.5) is 5.82 Å². The number of anilines is 1. The molecule has 1 aromatic carbocycles. The summed E-state index contributed by atoms with van der Waals surface area (Å²) in [5.41, 5.74) is 2.34. The fourth-order valence-electron chi connectivity index (χ4n) is 3.94. The Morgan fingerprint density at radius 1 is 1.16 bits per heavy atom. The molecule has 0 aliphatic carbocycles. The zero-order chi connectivity index (χ0) is 21.6. The van der Waals surface area contributed by atoms with Crippen molar-refractivity contribution in [2.24, 2.45) is 5.92 Å². The predicted octanol–water partition coefficient (Wildman–Crippen LogP) is 2.69. The Morgan fingerprint density at radius 3 is 2.74 bits per heavy atom. The third kappa shape index (κ3) is 5.39. The quantitative estimate of drug-likeness (QED) is 0.592. The number of nitrogens with zero attached hydrogens (tertiary/aromatic N) is 5. The second-order valence-corrected chi connectivity index (χ2v) is 7.93.